The predicted octanol–water partition coefficient (Wildman–Crippen LogP) is 3.36. The molecular formula is C16H15NO3. The highest BCUT2D eigenvalue weighted by molar-refractivity contribution is 5.94. The number of carbonyl (C=O) groups excluding carboxylic acids is 1. The van der Waals surface area contributed by atoms with Crippen molar-refractivity contribution in [3.63, 3.8) is 0 Å². The molecule has 102 valence electrons. The van der Waals surface area contributed by atoms with Crippen molar-refractivity contribution in [3.8, 4) is 0 Å². The number of benzene rings is 2. The van der Waals surface area contributed by atoms with E-state index < -0.39 is 5.97 Å². The molecule has 0 unspecified atom stereocenters. The summed E-state index contributed by atoms with van der Waals surface area (Å²) in [4.78, 5) is 24.0. The largest absolute Gasteiger partial charge is 0.478 e. The Hall–Kier alpha value is -2.62. The molecule has 0 atom stereocenters. The van der Waals surface area contributed by atoms with Gasteiger partial charge in [0.1, 0.15) is 0 Å². The molecule has 0 heterocycles. The van der Waals surface area contributed by atoms with E-state index in [2.05, 4.69) is 0 Å². The smallest absolute Gasteiger partial charge is 0.335 e. The van der Waals surface area contributed by atoms with E-state index in [0.29, 0.717) is 5.56 Å². The van der Waals surface area contributed by atoms with Crippen molar-refractivity contribution in [2.75, 3.05) is 11.9 Å². The van der Waals surface area contributed by atoms with Crippen molar-refractivity contribution < 1.29 is 14.7 Å². The van der Waals surface area contributed by atoms with Gasteiger partial charge in [-0.05, 0) is 55.5 Å². The van der Waals surface area contributed by atoms with Crippen molar-refractivity contribution in [2.24, 2.45) is 0 Å². The molecule has 20 heavy (non-hydrogen) atoms. The van der Waals surface area contributed by atoms with E-state index in [9.17, 15) is 9.59 Å². The summed E-state index contributed by atoms with van der Waals surface area (Å²) in [6.45, 7) is 1.53. The number of carbonyl (C=O) groups is 2. The first-order chi connectivity index (χ1) is 9.49. The van der Waals surface area contributed by atoms with Gasteiger partial charge in [-0.3, -0.25) is 4.79 Å². The standard InChI is InChI=1S/C16H15NO3/c1-11(18)12-3-7-14(8-4-12)17(2)15-9-5-13(6-10-15)16(19)20/h3-10H,1-2H3,(H,19,20). The molecule has 0 saturated heterocycles. The van der Waals surface area contributed by atoms with Gasteiger partial charge in [0, 0.05) is 24.0 Å². The Morgan fingerprint density at radius 2 is 1.25 bits per heavy atom. The van der Waals surface area contributed by atoms with Gasteiger partial charge in [-0.2, -0.15) is 0 Å². The van der Waals surface area contributed by atoms with Gasteiger partial charge in [0.05, 0.1) is 5.56 Å². The van der Waals surface area contributed by atoms with Crippen LogP contribution in [0.5, 0.6) is 0 Å². The Bertz CT molecular complexity index is 572. The molecule has 0 aliphatic rings. The monoisotopic (exact) mass is 269 g/mol. The van der Waals surface area contributed by atoms with Crippen LogP contribution < -0.4 is 4.90 Å². The number of rotatable bonds is 4. The molecule has 0 spiro atoms. The molecule has 2 aromatic carbocycles. The number of nitrogens with zero attached hydrogens (tertiary/aromatic N) is 1. The van der Waals surface area contributed by atoms with Crippen LogP contribution in [0.1, 0.15) is 27.6 Å². The van der Waals surface area contributed by atoms with Crippen molar-refractivity contribution in [2.45, 2.75) is 6.92 Å². The Balaban J connectivity index is 2.24. The summed E-state index contributed by atoms with van der Waals surface area (Å²) >= 11 is 0. The molecule has 0 radical (unpaired) electrons. The minimum atomic E-state index is -0.940. The van der Waals surface area contributed by atoms with Crippen LogP contribution in [0.3, 0.4) is 0 Å². The predicted molar refractivity (Wildman–Crippen MR) is 77.9 cm³/mol. The molecule has 0 aliphatic heterocycles. The lowest BCUT2D eigenvalue weighted by Gasteiger charge is -2.19. The Kier molecular flexibility index (Phi) is 3.84. The van der Waals surface area contributed by atoms with Gasteiger partial charge >= 0.3 is 5.97 Å². The van der Waals surface area contributed by atoms with Gasteiger partial charge in [-0.25, -0.2) is 4.79 Å². The first kappa shape index (κ1) is 13.8. The van der Waals surface area contributed by atoms with Crippen LogP contribution in [0.4, 0.5) is 11.4 Å². The second-order valence-corrected chi connectivity index (χ2v) is 4.51. The first-order valence-corrected chi connectivity index (χ1v) is 6.17. The summed E-state index contributed by atoms with van der Waals surface area (Å²) in [6.07, 6.45) is 0. The maximum atomic E-state index is 11.2. The molecule has 0 bridgehead atoms. The van der Waals surface area contributed by atoms with Gasteiger partial charge in [-0.15, -0.1) is 0 Å². The number of Topliss-reactive ketones (excluding diaryl/α,β-unsaturated/α-hetero) is 1. The van der Waals surface area contributed by atoms with E-state index in [0.717, 1.165) is 11.4 Å². The Morgan fingerprint density at radius 3 is 1.60 bits per heavy atom. The average Bonchev–Trinajstić information content (AvgIpc) is 2.46. The zero-order chi connectivity index (χ0) is 14.7. The third-order valence-corrected chi connectivity index (χ3v) is 3.16. The van der Waals surface area contributed by atoms with Crippen LogP contribution in [0.15, 0.2) is 48.5 Å². The first-order valence-electron chi connectivity index (χ1n) is 6.17. The van der Waals surface area contributed by atoms with E-state index >= 15 is 0 Å². The zero-order valence-corrected chi connectivity index (χ0v) is 11.3. The van der Waals surface area contributed by atoms with E-state index in [1.165, 1.54) is 6.92 Å². The van der Waals surface area contributed by atoms with Crippen molar-refractivity contribution >= 4 is 23.1 Å². The quantitative estimate of drug-likeness (QED) is 0.865. The highest BCUT2D eigenvalue weighted by Gasteiger charge is 2.07. The summed E-state index contributed by atoms with van der Waals surface area (Å²) < 4.78 is 0. The number of anilines is 2. The molecule has 0 saturated carbocycles. The van der Waals surface area contributed by atoms with Crippen LogP contribution >= 0.6 is 0 Å². The zero-order valence-electron chi connectivity index (χ0n) is 11.3. The van der Waals surface area contributed by atoms with Crippen LogP contribution in [0.25, 0.3) is 0 Å². The van der Waals surface area contributed by atoms with Crippen molar-refractivity contribution in [3.05, 3.63) is 59.7 Å². The minimum absolute atomic E-state index is 0.0324. The molecule has 1 N–H and O–H groups in total. The van der Waals surface area contributed by atoms with E-state index in [1.807, 2.05) is 24.1 Å². The summed E-state index contributed by atoms with van der Waals surface area (Å²) in [6, 6.07) is 13.9. The molecule has 2 rings (SSSR count). The highest BCUT2D eigenvalue weighted by atomic mass is 16.4. The molecule has 0 aliphatic carbocycles. The van der Waals surface area contributed by atoms with E-state index in [1.54, 1.807) is 36.4 Å². The number of hydrogen-bond acceptors (Lipinski definition) is 3. The molecule has 0 aromatic heterocycles. The lowest BCUT2D eigenvalue weighted by atomic mass is 10.1. The summed E-state index contributed by atoms with van der Waals surface area (Å²) in [5.74, 6) is -0.907. The number of carboxylic acids is 1. The maximum Gasteiger partial charge on any atom is 0.335 e. The molecule has 4 nitrogen and oxygen atoms in total. The highest BCUT2D eigenvalue weighted by Crippen LogP contribution is 2.24. The average molecular weight is 269 g/mol. The van der Waals surface area contributed by atoms with Gasteiger partial charge in [0.25, 0.3) is 0 Å². The third kappa shape index (κ3) is 2.85. The van der Waals surface area contributed by atoms with Crippen LogP contribution in [-0.4, -0.2) is 23.9 Å². The molecule has 0 fully saturated rings. The van der Waals surface area contributed by atoms with Crippen LogP contribution in [0, 0.1) is 0 Å². The molecule has 4 heteroatoms. The Morgan fingerprint density at radius 1 is 0.850 bits per heavy atom. The number of hydrogen-bond donors (Lipinski definition) is 1. The molecule has 2 aromatic rings. The van der Waals surface area contributed by atoms with Gasteiger partial charge < -0.3 is 10.0 Å². The fourth-order valence-electron chi connectivity index (χ4n) is 1.90. The molecular weight excluding hydrogens is 254 g/mol. The summed E-state index contributed by atoms with van der Waals surface area (Å²) in [5.41, 5.74) is 2.74. The SMILES string of the molecule is CC(=O)c1ccc(N(C)c2ccc(C(=O)O)cc2)cc1. The van der Waals surface area contributed by atoms with Crippen molar-refractivity contribution in [1.82, 2.24) is 0 Å². The minimum Gasteiger partial charge on any atom is -0.478 e. The van der Waals surface area contributed by atoms with Crippen LogP contribution in [0.2, 0.25) is 0 Å². The number of carboxylic acid groups (broad SMARTS) is 1. The van der Waals surface area contributed by atoms with E-state index in [4.69, 9.17) is 5.11 Å². The summed E-state index contributed by atoms with van der Waals surface area (Å²) in [5, 5.41) is 8.87. The summed E-state index contributed by atoms with van der Waals surface area (Å²) in [7, 11) is 1.89. The lowest BCUT2D eigenvalue weighted by Crippen LogP contribution is -2.10. The normalized spacial score (nSPS) is 10.1. The fraction of sp³-hybridized carbons (Fsp3) is 0.125. The van der Waals surface area contributed by atoms with Crippen molar-refractivity contribution in [1.29, 1.82) is 0 Å². The van der Waals surface area contributed by atoms with Gasteiger partial charge in [-0.1, -0.05) is 0 Å². The third-order valence-electron chi connectivity index (χ3n) is 3.16. The second-order valence-electron chi connectivity index (χ2n) is 4.51. The molecule has 0 amide bonds. The number of ketones is 1. The maximum absolute atomic E-state index is 11.2. The van der Waals surface area contributed by atoms with Gasteiger partial charge in [0.2, 0.25) is 0 Å². The fourth-order valence-corrected chi connectivity index (χ4v) is 1.90. The van der Waals surface area contributed by atoms with E-state index in [-0.39, 0.29) is 11.3 Å². The lowest BCUT2D eigenvalue weighted by molar-refractivity contribution is 0.0696. The topological polar surface area (TPSA) is 57.6 Å². The Labute approximate surface area is 117 Å². The number of aromatic carboxylic acids is 1. The second kappa shape index (κ2) is 5.57. The van der Waals surface area contributed by atoms with Gasteiger partial charge in [0.15, 0.2) is 5.78 Å². The van der Waals surface area contributed by atoms with Crippen LogP contribution in [-0.2, 0) is 0 Å².